The summed E-state index contributed by atoms with van der Waals surface area (Å²) in [6.45, 7) is 0. The van der Waals surface area contributed by atoms with Gasteiger partial charge in [0.2, 0.25) is 0 Å². The lowest BCUT2D eigenvalue weighted by Crippen LogP contribution is -2.19. The molecule has 2 aromatic rings. The molecule has 0 bridgehead atoms. The molecule has 5 heteroatoms. The summed E-state index contributed by atoms with van der Waals surface area (Å²) >= 11 is 5.94. The summed E-state index contributed by atoms with van der Waals surface area (Å²) in [6, 6.07) is 13.3. The molecular weight excluding hydrogens is 312 g/mol. The van der Waals surface area contributed by atoms with Crippen molar-refractivity contribution in [1.82, 2.24) is 4.90 Å². The van der Waals surface area contributed by atoms with Crippen molar-refractivity contribution in [2.75, 3.05) is 14.1 Å². The molecule has 23 heavy (non-hydrogen) atoms. The standard InChI is InChI=1S/C18H17ClN2O2/c1-20(2)14-9-12-5-3-4-6-15(12)16(11-14)13-7-8-17(19)18(10-13)21(22)23/h3-8,10-11,16H,9H2,1-2H3. The van der Waals surface area contributed by atoms with Crippen LogP contribution in [0.2, 0.25) is 5.02 Å². The number of fused-ring (bicyclic) bond motifs is 1. The van der Waals surface area contributed by atoms with Crippen molar-refractivity contribution in [3.8, 4) is 0 Å². The van der Waals surface area contributed by atoms with Crippen LogP contribution in [0.4, 0.5) is 5.69 Å². The van der Waals surface area contributed by atoms with E-state index in [4.69, 9.17) is 11.6 Å². The molecule has 3 rings (SSSR count). The van der Waals surface area contributed by atoms with E-state index in [-0.39, 0.29) is 16.6 Å². The highest BCUT2D eigenvalue weighted by Gasteiger charge is 2.24. The van der Waals surface area contributed by atoms with Gasteiger partial charge in [0.25, 0.3) is 5.69 Å². The van der Waals surface area contributed by atoms with E-state index in [0.29, 0.717) is 0 Å². The van der Waals surface area contributed by atoms with Gasteiger partial charge in [-0.3, -0.25) is 10.1 Å². The normalized spacial score (nSPS) is 16.5. The molecule has 0 N–H and O–H groups in total. The fourth-order valence-electron chi connectivity index (χ4n) is 2.98. The van der Waals surface area contributed by atoms with Gasteiger partial charge in [0.05, 0.1) is 4.92 Å². The summed E-state index contributed by atoms with van der Waals surface area (Å²) in [5.74, 6) is -0.00619. The van der Waals surface area contributed by atoms with Gasteiger partial charge in [-0.05, 0) is 22.8 Å². The van der Waals surface area contributed by atoms with E-state index in [1.807, 2.05) is 32.3 Å². The van der Waals surface area contributed by atoms with Crippen molar-refractivity contribution in [2.24, 2.45) is 0 Å². The van der Waals surface area contributed by atoms with Gasteiger partial charge in [-0.1, -0.05) is 48.0 Å². The van der Waals surface area contributed by atoms with Crippen molar-refractivity contribution in [3.05, 3.63) is 86.1 Å². The van der Waals surface area contributed by atoms with Crippen LogP contribution in [0.3, 0.4) is 0 Å². The first-order valence-corrected chi connectivity index (χ1v) is 7.75. The fraction of sp³-hybridized carbons (Fsp3) is 0.222. The highest BCUT2D eigenvalue weighted by molar-refractivity contribution is 6.32. The Bertz CT molecular complexity index is 799. The van der Waals surface area contributed by atoms with Gasteiger partial charge < -0.3 is 4.90 Å². The number of nitro benzene ring substituents is 1. The van der Waals surface area contributed by atoms with Crippen molar-refractivity contribution < 1.29 is 4.92 Å². The Balaban J connectivity index is 2.14. The summed E-state index contributed by atoms with van der Waals surface area (Å²) in [5, 5.41) is 11.3. The zero-order valence-corrected chi connectivity index (χ0v) is 13.7. The van der Waals surface area contributed by atoms with Gasteiger partial charge in [-0.15, -0.1) is 0 Å². The Kier molecular flexibility index (Phi) is 4.09. The Morgan fingerprint density at radius 2 is 1.96 bits per heavy atom. The fourth-order valence-corrected chi connectivity index (χ4v) is 3.17. The summed E-state index contributed by atoms with van der Waals surface area (Å²) in [7, 11) is 4.03. The van der Waals surface area contributed by atoms with E-state index < -0.39 is 4.92 Å². The molecule has 2 aromatic carbocycles. The SMILES string of the molecule is CN(C)C1=CC(c2ccc(Cl)c([N+](=O)[O-])c2)c2ccccc2C1. The average Bonchev–Trinajstić information content (AvgIpc) is 2.54. The summed E-state index contributed by atoms with van der Waals surface area (Å²) in [5.41, 5.74) is 4.47. The lowest BCUT2D eigenvalue weighted by atomic mass is 9.82. The van der Waals surface area contributed by atoms with Gasteiger partial charge in [0.1, 0.15) is 5.02 Å². The Morgan fingerprint density at radius 1 is 1.22 bits per heavy atom. The van der Waals surface area contributed by atoms with Crippen molar-refractivity contribution >= 4 is 17.3 Å². The van der Waals surface area contributed by atoms with E-state index in [1.54, 1.807) is 12.1 Å². The first-order valence-electron chi connectivity index (χ1n) is 7.37. The molecule has 0 aliphatic heterocycles. The molecule has 1 aliphatic rings. The van der Waals surface area contributed by atoms with Gasteiger partial charge in [0.15, 0.2) is 0 Å². The topological polar surface area (TPSA) is 46.4 Å². The number of rotatable bonds is 3. The first kappa shape index (κ1) is 15.6. The maximum absolute atomic E-state index is 11.2. The average molecular weight is 329 g/mol. The van der Waals surface area contributed by atoms with Crippen LogP contribution in [0, 0.1) is 10.1 Å². The molecule has 0 aromatic heterocycles. The van der Waals surface area contributed by atoms with Crippen molar-refractivity contribution in [3.63, 3.8) is 0 Å². The minimum atomic E-state index is -0.433. The number of hydrogen-bond acceptors (Lipinski definition) is 3. The predicted octanol–water partition coefficient (Wildman–Crippen LogP) is 4.38. The number of halogens is 1. The van der Waals surface area contributed by atoms with Gasteiger partial charge in [-0.2, -0.15) is 0 Å². The lowest BCUT2D eigenvalue weighted by Gasteiger charge is -2.28. The van der Waals surface area contributed by atoms with Crippen LogP contribution in [-0.4, -0.2) is 23.9 Å². The van der Waals surface area contributed by atoms with E-state index in [0.717, 1.165) is 12.0 Å². The second-order valence-corrected chi connectivity index (χ2v) is 6.28. The smallest absolute Gasteiger partial charge is 0.288 e. The van der Waals surface area contributed by atoms with Gasteiger partial charge in [0, 0.05) is 38.2 Å². The molecule has 0 saturated carbocycles. The molecule has 0 saturated heterocycles. The molecule has 1 atom stereocenters. The Labute approximate surface area is 140 Å². The second kappa shape index (κ2) is 6.05. The first-order chi connectivity index (χ1) is 11.0. The van der Waals surface area contributed by atoms with Crippen LogP contribution in [0.15, 0.2) is 54.2 Å². The molecular formula is C18H17ClN2O2. The van der Waals surface area contributed by atoms with Crippen LogP contribution in [0.25, 0.3) is 0 Å². The summed E-state index contributed by atoms with van der Waals surface area (Å²) < 4.78 is 0. The second-order valence-electron chi connectivity index (χ2n) is 5.87. The third kappa shape index (κ3) is 2.94. The monoisotopic (exact) mass is 328 g/mol. The Morgan fingerprint density at radius 3 is 2.65 bits per heavy atom. The maximum atomic E-state index is 11.2. The number of allylic oxidation sites excluding steroid dienone is 2. The van der Waals surface area contributed by atoms with E-state index in [1.165, 1.54) is 16.8 Å². The van der Waals surface area contributed by atoms with E-state index >= 15 is 0 Å². The van der Waals surface area contributed by atoms with E-state index in [2.05, 4.69) is 23.1 Å². The molecule has 1 unspecified atom stereocenters. The molecule has 0 heterocycles. The minimum Gasteiger partial charge on any atom is -0.381 e. The maximum Gasteiger partial charge on any atom is 0.288 e. The molecule has 118 valence electrons. The number of nitro groups is 1. The molecule has 1 aliphatic carbocycles. The minimum absolute atomic E-state index is 0.00619. The van der Waals surface area contributed by atoms with Gasteiger partial charge in [-0.25, -0.2) is 0 Å². The molecule has 0 spiro atoms. The number of nitrogens with zero attached hydrogens (tertiary/aromatic N) is 2. The predicted molar refractivity (Wildman–Crippen MR) is 91.9 cm³/mol. The zero-order chi connectivity index (χ0) is 16.6. The summed E-state index contributed by atoms with van der Waals surface area (Å²) in [4.78, 5) is 12.8. The number of likely N-dealkylation sites (N-methyl/N-ethyl adjacent to an activating group) is 1. The third-order valence-corrected chi connectivity index (χ3v) is 4.54. The number of benzene rings is 2. The molecule has 0 fully saturated rings. The summed E-state index contributed by atoms with van der Waals surface area (Å²) in [6.07, 6.45) is 3.05. The van der Waals surface area contributed by atoms with E-state index in [9.17, 15) is 10.1 Å². The molecule has 4 nitrogen and oxygen atoms in total. The number of hydrogen-bond donors (Lipinski definition) is 0. The zero-order valence-electron chi connectivity index (χ0n) is 13.0. The van der Waals surface area contributed by atoms with Crippen LogP contribution < -0.4 is 0 Å². The van der Waals surface area contributed by atoms with Crippen LogP contribution in [0.1, 0.15) is 22.6 Å². The quantitative estimate of drug-likeness (QED) is 0.620. The van der Waals surface area contributed by atoms with Crippen molar-refractivity contribution in [2.45, 2.75) is 12.3 Å². The Hall–Kier alpha value is -2.33. The van der Waals surface area contributed by atoms with Gasteiger partial charge >= 0.3 is 0 Å². The van der Waals surface area contributed by atoms with Crippen LogP contribution >= 0.6 is 11.6 Å². The lowest BCUT2D eigenvalue weighted by molar-refractivity contribution is -0.384. The van der Waals surface area contributed by atoms with Crippen molar-refractivity contribution in [1.29, 1.82) is 0 Å². The van der Waals surface area contributed by atoms with Crippen LogP contribution in [-0.2, 0) is 6.42 Å². The van der Waals surface area contributed by atoms with Crippen LogP contribution in [0.5, 0.6) is 0 Å². The highest BCUT2D eigenvalue weighted by Crippen LogP contribution is 2.38. The largest absolute Gasteiger partial charge is 0.381 e. The molecule has 0 radical (unpaired) electrons. The third-order valence-electron chi connectivity index (χ3n) is 4.22. The molecule has 0 amide bonds. The highest BCUT2D eigenvalue weighted by atomic mass is 35.5.